The van der Waals surface area contributed by atoms with Gasteiger partial charge in [0.05, 0.1) is 12.7 Å². The van der Waals surface area contributed by atoms with E-state index in [4.69, 9.17) is 4.74 Å². The van der Waals surface area contributed by atoms with Crippen molar-refractivity contribution in [2.75, 3.05) is 32.6 Å². The Hall–Kier alpha value is -1.55. The molecule has 1 aliphatic heterocycles. The fourth-order valence-corrected chi connectivity index (χ4v) is 2.17. The third-order valence-electron chi connectivity index (χ3n) is 3.08. The number of benzene rings is 1. The number of rotatable bonds is 3. The van der Waals surface area contributed by atoms with Crippen LogP contribution in [0.3, 0.4) is 0 Å². The van der Waals surface area contributed by atoms with E-state index in [2.05, 4.69) is 17.3 Å². The van der Waals surface area contributed by atoms with Crippen LogP contribution in [0.15, 0.2) is 24.3 Å². The van der Waals surface area contributed by atoms with Gasteiger partial charge in [0, 0.05) is 18.3 Å². The van der Waals surface area contributed by atoms with Gasteiger partial charge in [0.25, 0.3) is 0 Å². The van der Waals surface area contributed by atoms with Crippen molar-refractivity contribution in [3.63, 3.8) is 0 Å². The van der Waals surface area contributed by atoms with E-state index < -0.39 is 0 Å². The fourth-order valence-electron chi connectivity index (χ4n) is 2.17. The lowest BCUT2D eigenvalue weighted by atomic mass is 10.1. The molecule has 1 fully saturated rings. The molecule has 2 rings (SSSR count). The van der Waals surface area contributed by atoms with E-state index in [1.54, 1.807) is 6.07 Å². The van der Waals surface area contributed by atoms with E-state index in [-0.39, 0.29) is 5.97 Å². The van der Waals surface area contributed by atoms with Crippen LogP contribution in [0.1, 0.15) is 16.8 Å². The lowest BCUT2D eigenvalue weighted by Crippen LogP contribution is -2.24. The van der Waals surface area contributed by atoms with Gasteiger partial charge in [-0.15, -0.1) is 0 Å². The van der Waals surface area contributed by atoms with Crippen molar-refractivity contribution in [2.45, 2.75) is 12.5 Å². The van der Waals surface area contributed by atoms with Gasteiger partial charge in [-0.25, -0.2) is 4.79 Å². The quantitative estimate of drug-likeness (QED) is 0.806. The van der Waals surface area contributed by atoms with E-state index in [0.29, 0.717) is 11.6 Å². The van der Waals surface area contributed by atoms with Gasteiger partial charge in [0.2, 0.25) is 0 Å². The van der Waals surface area contributed by atoms with Gasteiger partial charge in [0.15, 0.2) is 0 Å². The molecule has 1 N–H and O–H groups in total. The van der Waals surface area contributed by atoms with Gasteiger partial charge < -0.3 is 15.0 Å². The van der Waals surface area contributed by atoms with Crippen molar-refractivity contribution in [1.82, 2.24) is 4.90 Å². The van der Waals surface area contributed by atoms with Crippen molar-refractivity contribution in [3.05, 3.63) is 29.8 Å². The van der Waals surface area contributed by atoms with Crippen LogP contribution < -0.4 is 5.32 Å². The second-order valence-corrected chi connectivity index (χ2v) is 4.43. The highest BCUT2D eigenvalue weighted by Crippen LogP contribution is 2.19. The number of hydrogen-bond donors (Lipinski definition) is 1. The molecule has 1 aliphatic rings. The molecule has 4 nitrogen and oxygen atoms in total. The van der Waals surface area contributed by atoms with Crippen molar-refractivity contribution >= 4 is 11.7 Å². The first-order chi connectivity index (χ1) is 8.20. The Morgan fingerprint density at radius 3 is 2.88 bits per heavy atom. The number of hydrogen-bond acceptors (Lipinski definition) is 4. The van der Waals surface area contributed by atoms with Crippen LogP contribution in [0.4, 0.5) is 5.69 Å². The van der Waals surface area contributed by atoms with Crippen LogP contribution in [0.2, 0.25) is 0 Å². The number of methoxy groups -OCH3 is 1. The highest BCUT2D eigenvalue weighted by atomic mass is 16.5. The summed E-state index contributed by atoms with van der Waals surface area (Å²) >= 11 is 0. The van der Waals surface area contributed by atoms with Gasteiger partial charge in [0.1, 0.15) is 0 Å². The zero-order valence-electron chi connectivity index (χ0n) is 10.3. The number of nitrogens with zero attached hydrogens (tertiary/aromatic N) is 1. The second-order valence-electron chi connectivity index (χ2n) is 4.43. The number of ether oxygens (including phenoxy) is 1. The Balaban J connectivity index is 2.12. The van der Waals surface area contributed by atoms with Gasteiger partial charge in [-0.1, -0.05) is 12.1 Å². The minimum absolute atomic E-state index is 0.292. The van der Waals surface area contributed by atoms with E-state index in [0.717, 1.165) is 25.2 Å². The predicted molar refractivity (Wildman–Crippen MR) is 67.3 cm³/mol. The molecule has 0 spiro atoms. The molecule has 0 amide bonds. The SMILES string of the molecule is COC(=O)c1ccccc1NC1CCN(C)C1. The second kappa shape index (κ2) is 5.19. The number of esters is 1. The molecule has 1 saturated heterocycles. The molecule has 17 heavy (non-hydrogen) atoms. The third kappa shape index (κ3) is 2.77. The molecule has 0 bridgehead atoms. The van der Waals surface area contributed by atoms with Crippen LogP contribution in [0.25, 0.3) is 0 Å². The van der Waals surface area contributed by atoms with E-state index in [1.165, 1.54) is 7.11 Å². The minimum Gasteiger partial charge on any atom is -0.465 e. The van der Waals surface area contributed by atoms with Crippen LogP contribution in [0, 0.1) is 0 Å². The molecule has 0 saturated carbocycles. The number of para-hydroxylation sites is 1. The largest absolute Gasteiger partial charge is 0.465 e. The van der Waals surface area contributed by atoms with Crippen LogP contribution in [-0.4, -0.2) is 44.2 Å². The van der Waals surface area contributed by atoms with Crippen molar-refractivity contribution < 1.29 is 9.53 Å². The predicted octanol–water partition coefficient (Wildman–Crippen LogP) is 1.59. The normalized spacial score (nSPS) is 20.2. The maximum Gasteiger partial charge on any atom is 0.339 e. The summed E-state index contributed by atoms with van der Waals surface area (Å²) in [4.78, 5) is 13.9. The molecule has 0 radical (unpaired) electrons. The number of nitrogens with one attached hydrogen (secondary N) is 1. The van der Waals surface area contributed by atoms with Crippen LogP contribution >= 0.6 is 0 Å². The summed E-state index contributed by atoms with van der Waals surface area (Å²) in [5, 5.41) is 3.41. The van der Waals surface area contributed by atoms with Gasteiger partial charge in [-0.3, -0.25) is 0 Å². The molecule has 1 atom stereocenters. The average Bonchev–Trinajstić information content (AvgIpc) is 2.74. The maximum absolute atomic E-state index is 11.6. The fraction of sp³-hybridized carbons (Fsp3) is 0.462. The molecule has 1 heterocycles. The topological polar surface area (TPSA) is 41.6 Å². The Kier molecular flexibility index (Phi) is 3.64. The van der Waals surface area contributed by atoms with E-state index >= 15 is 0 Å². The highest BCUT2D eigenvalue weighted by molar-refractivity contribution is 5.95. The lowest BCUT2D eigenvalue weighted by molar-refractivity contribution is 0.0602. The Morgan fingerprint density at radius 1 is 1.47 bits per heavy atom. The summed E-state index contributed by atoms with van der Waals surface area (Å²) in [5.74, 6) is -0.292. The smallest absolute Gasteiger partial charge is 0.339 e. The third-order valence-corrected chi connectivity index (χ3v) is 3.08. The Morgan fingerprint density at radius 2 is 2.24 bits per heavy atom. The van der Waals surface area contributed by atoms with Crippen molar-refractivity contribution in [2.24, 2.45) is 0 Å². The zero-order valence-corrected chi connectivity index (χ0v) is 10.3. The molecular weight excluding hydrogens is 216 g/mol. The molecule has 4 heteroatoms. The van der Waals surface area contributed by atoms with E-state index in [9.17, 15) is 4.79 Å². The molecule has 92 valence electrons. The minimum atomic E-state index is -0.292. The number of likely N-dealkylation sites (N-methyl/N-ethyl adjacent to an activating group) is 1. The monoisotopic (exact) mass is 234 g/mol. The standard InChI is InChI=1S/C13H18N2O2/c1-15-8-7-10(9-15)14-12-6-4-3-5-11(12)13(16)17-2/h3-6,10,14H,7-9H2,1-2H3. The summed E-state index contributed by atoms with van der Waals surface area (Å²) in [5.41, 5.74) is 1.46. The molecule has 0 aliphatic carbocycles. The summed E-state index contributed by atoms with van der Waals surface area (Å²) in [7, 11) is 3.51. The van der Waals surface area contributed by atoms with Crippen molar-refractivity contribution in [1.29, 1.82) is 0 Å². The number of likely N-dealkylation sites (tertiary alicyclic amines) is 1. The summed E-state index contributed by atoms with van der Waals surface area (Å²) in [6.07, 6.45) is 1.10. The molecule has 0 aromatic heterocycles. The average molecular weight is 234 g/mol. The summed E-state index contributed by atoms with van der Waals surface area (Å²) in [6.45, 7) is 2.10. The summed E-state index contributed by atoms with van der Waals surface area (Å²) < 4.78 is 4.77. The molecule has 1 unspecified atom stereocenters. The number of carbonyl (C=O) groups excluding carboxylic acids is 1. The maximum atomic E-state index is 11.6. The van der Waals surface area contributed by atoms with Gasteiger partial charge >= 0.3 is 5.97 Å². The van der Waals surface area contributed by atoms with Gasteiger partial charge in [-0.05, 0) is 32.1 Å². The zero-order chi connectivity index (χ0) is 12.3. The first-order valence-electron chi connectivity index (χ1n) is 5.83. The number of carbonyl (C=O) groups is 1. The van der Waals surface area contributed by atoms with Crippen LogP contribution in [-0.2, 0) is 4.74 Å². The summed E-state index contributed by atoms with van der Waals surface area (Å²) in [6, 6.07) is 7.88. The van der Waals surface area contributed by atoms with Crippen LogP contribution in [0.5, 0.6) is 0 Å². The highest BCUT2D eigenvalue weighted by Gasteiger charge is 2.21. The molecule has 1 aromatic carbocycles. The van der Waals surface area contributed by atoms with Gasteiger partial charge in [-0.2, -0.15) is 0 Å². The lowest BCUT2D eigenvalue weighted by Gasteiger charge is -2.16. The van der Waals surface area contributed by atoms with Crippen molar-refractivity contribution in [3.8, 4) is 0 Å². The molecular formula is C13H18N2O2. The first-order valence-corrected chi connectivity index (χ1v) is 5.83. The Bertz CT molecular complexity index is 406. The van der Waals surface area contributed by atoms with E-state index in [1.807, 2.05) is 18.2 Å². The number of anilines is 1. The Labute approximate surface area is 102 Å². The molecule has 1 aromatic rings. The first kappa shape index (κ1) is 11.9.